The number of carbonyl (C=O) groups is 1. The van der Waals surface area contributed by atoms with Gasteiger partial charge in [-0.05, 0) is 31.1 Å². The monoisotopic (exact) mass is 288 g/mol. The fraction of sp³-hybridized carbons (Fsp3) is 0.667. The predicted molar refractivity (Wildman–Crippen MR) is 78.4 cm³/mol. The van der Waals surface area contributed by atoms with E-state index < -0.39 is 5.97 Å². The smallest absolute Gasteiger partial charge is 0.307 e. The molecule has 1 aromatic rings. The molecule has 3 atom stereocenters. The van der Waals surface area contributed by atoms with Gasteiger partial charge in [-0.25, -0.2) is 9.97 Å². The Hall–Kier alpha value is -1.85. The maximum atomic E-state index is 11.1. The largest absolute Gasteiger partial charge is 0.481 e. The molecule has 0 radical (unpaired) electrons. The number of anilines is 2. The van der Waals surface area contributed by atoms with Gasteiger partial charge in [-0.3, -0.25) is 4.79 Å². The summed E-state index contributed by atoms with van der Waals surface area (Å²) in [6, 6.07) is 2.06. The molecule has 0 bridgehead atoms. The highest BCUT2D eigenvalue weighted by molar-refractivity contribution is 5.74. The van der Waals surface area contributed by atoms with Gasteiger partial charge in [-0.2, -0.15) is 0 Å². The molecule has 0 amide bonds. The van der Waals surface area contributed by atoms with Crippen molar-refractivity contribution in [3.8, 4) is 0 Å². The van der Waals surface area contributed by atoms with Gasteiger partial charge in [0.1, 0.15) is 18.0 Å². The molecule has 21 heavy (non-hydrogen) atoms. The summed E-state index contributed by atoms with van der Waals surface area (Å²) in [6.45, 7) is 3.87. The molecule has 1 aliphatic carbocycles. The number of piperidine rings is 1. The normalized spacial score (nSPS) is 31.1. The molecule has 2 saturated heterocycles. The lowest BCUT2D eigenvalue weighted by Crippen LogP contribution is -2.32. The van der Waals surface area contributed by atoms with Gasteiger partial charge < -0.3 is 14.9 Å². The molecule has 4 rings (SSSR count). The van der Waals surface area contributed by atoms with Crippen molar-refractivity contribution in [1.29, 1.82) is 0 Å². The molecule has 112 valence electrons. The molecule has 1 aromatic heterocycles. The maximum absolute atomic E-state index is 11.1. The third-order valence-corrected chi connectivity index (χ3v) is 5.17. The first-order valence-electron chi connectivity index (χ1n) is 7.79. The summed E-state index contributed by atoms with van der Waals surface area (Å²) in [5.74, 6) is 1.88. The Morgan fingerprint density at radius 3 is 2.52 bits per heavy atom. The first-order valence-corrected chi connectivity index (χ1v) is 7.79. The maximum Gasteiger partial charge on any atom is 0.307 e. The van der Waals surface area contributed by atoms with Crippen molar-refractivity contribution in [3.63, 3.8) is 0 Å². The SMILES string of the molecule is O=C(O)[C@@H]1[C@@H]2CCN(c3cc(N4CCCC4)ncn3)C[C@@H]21. The van der Waals surface area contributed by atoms with Crippen LogP contribution in [0.3, 0.4) is 0 Å². The highest BCUT2D eigenvalue weighted by atomic mass is 16.4. The summed E-state index contributed by atoms with van der Waals surface area (Å²) in [4.78, 5) is 24.5. The standard InChI is InChI=1S/C15H20N4O2/c20-15(21)14-10-3-6-19(8-11(10)14)13-7-12(16-9-17-13)18-4-1-2-5-18/h7,9-11,14H,1-6,8H2,(H,20,21)/t10-,11+,14-/m1/s1. The van der Waals surface area contributed by atoms with E-state index in [4.69, 9.17) is 0 Å². The molecule has 0 unspecified atom stereocenters. The van der Waals surface area contributed by atoms with Gasteiger partial charge >= 0.3 is 5.97 Å². The van der Waals surface area contributed by atoms with Gasteiger partial charge in [0.05, 0.1) is 5.92 Å². The lowest BCUT2D eigenvalue weighted by Gasteiger charge is -2.28. The molecule has 3 heterocycles. The average molecular weight is 288 g/mol. The number of rotatable bonds is 3. The second kappa shape index (κ2) is 4.86. The molecule has 0 spiro atoms. The van der Waals surface area contributed by atoms with Crippen LogP contribution in [0.2, 0.25) is 0 Å². The van der Waals surface area contributed by atoms with E-state index in [1.807, 2.05) is 0 Å². The summed E-state index contributed by atoms with van der Waals surface area (Å²) in [5.41, 5.74) is 0. The molecule has 1 saturated carbocycles. The quantitative estimate of drug-likeness (QED) is 0.902. The minimum atomic E-state index is -0.632. The zero-order chi connectivity index (χ0) is 14.4. The molecule has 3 fully saturated rings. The van der Waals surface area contributed by atoms with Crippen molar-refractivity contribution in [2.24, 2.45) is 17.8 Å². The Kier molecular flexibility index (Phi) is 2.97. The average Bonchev–Trinajstić information content (AvgIpc) is 2.96. The molecule has 2 aliphatic heterocycles. The van der Waals surface area contributed by atoms with Crippen molar-refractivity contribution < 1.29 is 9.90 Å². The lowest BCUT2D eigenvalue weighted by atomic mass is 10.1. The van der Waals surface area contributed by atoms with E-state index >= 15 is 0 Å². The Morgan fingerprint density at radius 2 is 1.81 bits per heavy atom. The van der Waals surface area contributed by atoms with Gasteiger partial charge in [0.2, 0.25) is 0 Å². The summed E-state index contributed by atoms with van der Waals surface area (Å²) in [6.07, 6.45) is 5.06. The third kappa shape index (κ3) is 2.22. The van der Waals surface area contributed by atoms with Crippen LogP contribution in [0.4, 0.5) is 11.6 Å². The van der Waals surface area contributed by atoms with Crippen LogP contribution in [0.1, 0.15) is 19.3 Å². The number of aromatic nitrogens is 2. The van der Waals surface area contributed by atoms with E-state index in [2.05, 4.69) is 25.8 Å². The number of hydrogen-bond donors (Lipinski definition) is 1. The Balaban J connectivity index is 1.49. The van der Waals surface area contributed by atoms with Crippen molar-refractivity contribution >= 4 is 17.6 Å². The Morgan fingerprint density at radius 1 is 1.10 bits per heavy atom. The topological polar surface area (TPSA) is 69.6 Å². The fourth-order valence-electron chi connectivity index (χ4n) is 3.94. The second-order valence-corrected chi connectivity index (χ2v) is 6.35. The Labute approximate surface area is 123 Å². The molecule has 0 aromatic carbocycles. The van der Waals surface area contributed by atoms with Crippen LogP contribution >= 0.6 is 0 Å². The van der Waals surface area contributed by atoms with Crippen LogP contribution in [0.15, 0.2) is 12.4 Å². The van der Waals surface area contributed by atoms with E-state index in [9.17, 15) is 9.90 Å². The van der Waals surface area contributed by atoms with Crippen molar-refractivity contribution in [1.82, 2.24) is 9.97 Å². The van der Waals surface area contributed by atoms with Crippen LogP contribution in [-0.2, 0) is 4.79 Å². The summed E-state index contributed by atoms with van der Waals surface area (Å²) >= 11 is 0. The van der Waals surface area contributed by atoms with Gasteiger partial charge in [-0.15, -0.1) is 0 Å². The molecule has 3 aliphatic rings. The summed E-state index contributed by atoms with van der Waals surface area (Å²) in [7, 11) is 0. The lowest BCUT2D eigenvalue weighted by molar-refractivity contribution is -0.139. The number of carboxylic acids is 1. The number of nitrogens with zero attached hydrogens (tertiary/aromatic N) is 4. The van der Waals surface area contributed by atoms with Crippen LogP contribution in [0, 0.1) is 17.8 Å². The van der Waals surface area contributed by atoms with Gasteiger partial charge in [0.25, 0.3) is 0 Å². The van der Waals surface area contributed by atoms with Crippen LogP contribution < -0.4 is 9.80 Å². The van der Waals surface area contributed by atoms with Gasteiger partial charge in [-0.1, -0.05) is 0 Å². The molecule has 6 nitrogen and oxygen atoms in total. The van der Waals surface area contributed by atoms with Crippen LogP contribution in [-0.4, -0.2) is 47.2 Å². The third-order valence-electron chi connectivity index (χ3n) is 5.17. The highest BCUT2D eigenvalue weighted by Gasteiger charge is 2.57. The molecule has 6 heteroatoms. The molecular weight excluding hydrogens is 268 g/mol. The van der Waals surface area contributed by atoms with E-state index in [1.54, 1.807) is 6.33 Å². The van der Waals surface area contributed by atoms with E-state index in [1.165, 1.54) is 12.8 Å². The Bertz CT molecular complexity index is 558. The number of fused-ring (bicyclic) bond motifs is 1. The minimum absolute atomic E-state index is 0.130. The summed E-state index contributed by atoms with van der Waals surface area (Å²) in [5, 5.41) is 9.18. The first kappa shape index (κ1) is 12.9. The number of aliphatic carboxylic acids is 1. The van der Waals surface area contributed by atoms with Crippen molar-refractivity contribution in [2.45, 2.75) is 19.3 Å². The van der Waals surface area contributed by atoms with Crippen molar-refractivity contribution in [2.75, 3.05) is 36.0 Å². The first-order chi connectivity index (χ1) is 10.2. The van der Waals surface area contributed by atoms with Gasteiger partial charge in [0, 0.05) is 32.2 Å². The summed E-state index contributed by atoms with van der Waals surface area (Å²) < 4.78 is 0. The number of carboxylic acid groups (broad SMARTS) is 1. The molecule has 1 N–H and O–H groups in total. The van der Waals surface area contributed by atoms with E-state index in [-0.39, 0.29) is 5.92 Å². The van der Waals surface area contributed by atoms with Gasteiger partial charge in [0.15, 0.2) is 0 Å². The van der Waals surface area contributed by atoms with E-state index in [0.717, 1.165) is 44.2 Å². The highest BCUT2D eigenvalue weighted by Crippen LogP contribution is 2.52. The minimum Gasteiger partial charge on any atom is -0.481 e. The van der Waals surface area contributed by atoms with E-state index in [0.29, 0.717) is 11.8 Å². The predicted octanol–water partition coefficient (Wildman–Crippen LogP) is 1.23. The zero-order valence-corrected chi connectivity index (χ0v) is 12.0. The number of hydrogen-bond acceptors (Lipinski definition) is 5. The van der Waals surface area contributed by atoms with Crippen LogP contribution in [0.5, 0.6) is 0 Å². The fourth-order valence-corrected chi connectivity index (χ4v) is 3.94. The molecular formula is C15H20N4O2. The van der Waals surface area contributed by atoms with Crippen LogP contribution in [0.25, 0.3) is 0 Å². The zero-order valence-electron chi connectivity index (χ0n) is 12.0. The second-order valence-electron chi connectivity index (χ2n) is 6.35. The van der Waals surface area contributed by atoms with Crippen molar-refractivity contribution in [3.05, 3.63) is 12.4 Å².